The van der Waals surface area contributed by atoms with Crippen LogP contribution in [0.4, 0.5) is 0 Å². The lowest BCUT2D eigenvalue weighted by Crippen LogP contribution is -2.47. The van der Waals surface area contributed by atoms with Crippen LogP contribution in [0, 0.1) is 11.8 Å². The van der Waals surface area contributed by atoms with Gasteiger partial charge in [-0.3, -0.25) is 4.79 Å². The van der Waals surface area contributed by atoms with Crippen molar-refractivity contribution in [3.05, 3.63) is 23.9 Å². The van der Waals surface area contributed by atoms with E-state index in [0.29, 0.717) is 24.6 Å². The molecule has 2 bridgehead atoms. The Bertz CT molecular complexity index is 719. The Morgan fingerprint density at radius 1 is 1.39 bits per heavy atom. The van der Waals surface area contributed by atoms with Crippen molar-refractivity contribution in [1.82, 2.24) is 9.27 Å². The second kappa shape index (κ2) is 6.21. The number of carbonyl (C=O) groups is 1. The van der Waals surface area contributed by atoms with Crippen LogP contribution < -0.4 is 4.74 Å². The Morgan fingerprint density at radius 3 is 2.91 bits per heavy atom. The third-order valence-corrected chi connectivity index (χ3v) is 6.07. The number of fused-ring (bicyclic) bond motifs is 4. The van der Waals surface area contributed by atoms with Crippen LogP contribution in [0.15, 0.2) is 18.2 Å². The molecule has 1 aromatic heterocycles. The summed E-state index contributed by atoms with van der Waals surface area (Å²) >= 11 is 1.40. The second-order valence-corrected chi connectivity index (χ2v) is 7.45. The molecule has 3 saturated heterocycles. The molecule has 0 unspecified atom stereocenters. The van der Waals surface area contributed by atoms with Crippen molar-refractivity contribution in [2.75, 3.05) is 26.2 Å². The monoisotopic (exact) mass is 330 g/mol. The number of ketones is 1. The Kier molecular flexibility index (Phi) is 4.07. The van der Waals surface area contributed by atoms with E-state index in [-0.39, 0.29) is 5.78 Å². The third-order valence-electron chi connectivity index (χ3n) is 5.26. The Balaban J connectivity index is 1.53. The van der Waals surface area contributed by atoms with Gasteiger partial charge < -0.3 is 9.64 Å². The average molecular weight is 330 g/mol. The largest absolute Gasteiger partial charge is 0.494 e. The van der Waals surface area contributed by atoms with Gasteiger partial charge in [0.2, 0.25) is 0 Å². The van der Waals surface area contributed by atoms with Crippen LogP contribution in [0.1, 0.15) is 36.7 Å². The van der Waals surface area contributed by atoms with Gasteiger partial charge in [-0.2, -0.15) is 4.37 Å². The van der Waals surface area contributed by atoms with E-state index in [1.165, 1.54) is 37.5 Å². The summed E-state index contributed by atoms with van der Waals surface area (Å²) in [5.41, 5.74) is 0.657. The molecule has 0 aliphatic carbocycles. The predicted octanol–water partition coefficient (Wildman–Crippen LogP) is 3.61. The van der Waals surface area contributed by atoms with Gasteiger partial charge in [0.15, 0.2) is 5.78 Å². The molecule has 0 amide bonds. The maximum Gasteiger partial charge on any atom is 0.183 e. The van der Waals surface area contributed by atoms with Crippen LogP contribution in [0.2, 0.25) is 0 Å². The quantitative estimate of drug-likeness (QED) is 0.786. The molecule has 1 atom stereocenters. The number of benzene rings is 1. The maximum absolute atomic E-state index is 12.8. The summed E-state index contributed by atoms with van der Waals surface area (Å²) in [6.07, 6.45) is 3.16. The standard InChI is InChI=1S/C18H22N2O2S/c1-2-22-14-3-4-15-17(10-14)23-19-18(15)16(21)9-13-11-20-7-5-12(13)6-8-20/h3-4,10,12-13H,2,5-9,11H2,1H3/t13-/m0/s1. The smallest absolute Gasteiger partial charge is 0.183 e. The maximum atomic E-state index is 12.8. The van der Waals surface area contributed by atoms with E-state index in [1.807, 2.05) is 25.1 Å². The van der Waals surface area contributed by atoms with Gasteiger partial charge in [0, 0.05) is 18.4 Å². The van der Waals surface area contributed by atoms with Gasteiger partial charge in [-0.05, 0) is 74.4 Å². The lowest BCUT2D eigenvalue weighted by molar-refractivity contribution is 0.0440. The lowest BCUT2D eigenvalue weighted by atomic mass is 9.76. The molecule has 3 aliphatic heterocycles. The fourth-order valence-electron chi connectivity index (χ4n) is 4.03. The summed E-state index contributed by atoms with van der Waals surface area (Å²) < 4.78 is 11.0. The first-order valence-corrected chi connectivity index (χ1v) is 9.29. The number of hydrogen-bond donors (Lipinski definition) is 0. The molecule has 0 N–H and O–H groups in total. The first kappa shape index (κ1) is 15.1. The molecule has 5 heteroatoms. The van der Waals surface area contributed by atoms with E-state index >= 15 is 0 Å². The molecule has 3 fully saturated rings. The lowest BCUT2D eigenvalue weighted by Gasteiger charge is -2.44. The normalized spacial score (nSPS) is 26.6. The summed E-state index contributed by atoms with van der Waals surface area (Å²) in [7, 11) is 0. The van der Waals surface area contributed by atoms with Gasteiger partial charge in [-0.15, -0.1) is 0 Å². The van der Waals surface area contributed by atoms with Gasteiger partial charge in [0.1, 0.15) is 11.4 Å². The minimum Gasteiger partial charge on any atom is -0.494 e. The molecule has 0 spiro atoms. The minimum absolute atomic E-state index is 0.208. The number of aromatic nitrogens is 1. The van der Waals surface area contributed by atoms with Crippen LogP contribution in [0.5, 0.6) is 5.75 Å². The van der Waals surface area contributed by atoms with E-state index in [4.69, 9.17) is 4.74 Å². The van der Waals surface area contributed by atoms with Gasteiger partial charge in [0.05, 0.1) is 11.3 Å². The predicted molar refractivity (Wildman–Crippen MR) is 92.4 cm³/mol. The van der Waals surface area contributed by atoms with Crippen molar-refractivity contribution in [2.45, 2.75) is 26.2 Å². The molecule has 0 radical (unpaired) electrons. The number of carbonyl (C=O) groups excluding carboxylic acids is 1. The molecule has 0 saturated carbocycles. The molecule has 4 nitrogen and oxygen atoms in total. The molecule has 2 aromatic rings. The number of ether oxygens (including phenoxy) is 1. The molecule has 4 heterocycles. The molecular formula is C18H22N2O2S. The van der Waals surface area contributed by atoms with Crippen molar-refractivity contribution >= 4 is 27.4 Å². The minimum atomic E-state index is 0.208. The second-order valence-electron chi connectivity index (χ2n) is 6.65. The summed E-state index contributed by atoms with van der Waals surface area (Å²) in [4.78, 5) is 15.3. The van der Waals surface area contributed by atoms with Crippen molar-refractivity contribution in [2.24, 2.45) is 11.8 Å². The summed E-state index contributed by atoms with van der Waals surface area (Å²) in [6.45, 7) is 6.15. The topological polar surface area (TPSA) is 42.4 Å². The number of Topliss-reactive ketones (excluding diaryl/α,β-unsaturated/α-hetero) is 1. The van der Waals surface area contributed by atoms with Crippen LogP contribution in [0.25, 0.3) is 10.1 Å². The zero-order chi connectivity index (χ0) is 15.8. The van der Waals surface area contributed by atoms with Gasteiger partial charge in [-0.1, -0.05) is 0 Å². The number of piperidine rings is 3. The van der Waals surface area contributed by atoms with Crippen molar-refractivity contribution < 1.29 is 9.53 Å². The first-order valence-electron chi connectivity index (χ1n) is 8.52. The number of nitrogens with zero attached hydrogens (tertiary/aromatic N) is 2. The molecule has 3 aliphatic rings. The summed E-state index contributed by atoms with van der Waals surface area (Å²) in [5.74, 6) is 2.31. The highest BCUT2D eigenvalue weighted by Crippen LogP contribution is 2.36. The van der Waals surface area contributed by atoms with Gasteiger partial charge in [0.25, 0.3) is 0 Å². The number of hydrogen-bond acceptors (Lipinski definition) is 5. The van der Waals surface area contributed by atoms with E-state index in [9.17, 15) is 4.79 Å². The van der Waals surface area contributed by atoms with Gasteiger partial charge >= 0.3 is 0 Å². The summed E-state index contributed by atoms with van der Waals surface area (Å²) in [6, 6.07) is 5.90. The SMILES string of the molecule is CCOc1ccc2c(C(=O)C[C@H]3CN4CCC3CC4)nsc2c1. The third kappa shape index (κ3) is 2.88. The van der Waals surface area contributed by atoms with E-state index < -0.39 is 0 Å². The Morgan fingerprint density at radius 2 is 2.22 bits per heavy atom. The van der Waals surface area contributed by atoms with E-state index in [1.54, 1.807) is 0 Å². The van der Waals surface area contributed by atoms with E-state index in [0.717, 1.165) is 28.3 Å². The van der Waals surface area contributed by atoms with Crippen LogP contribution in [-0.4, -0.2) is 41.3 Å². The fourth-order valence-corrected chi connectivity index (χ4v) is 4.85. The van der Waals surface area contributed by atoms with E-state index in [2.05, 4.69) is 9.27 Å². The highest BCUT2D eigenvalue weighted by Gasteiger charge is 2.35. The highest BCUT2D eigenvalue weighted by atomic mass is 32.1. The van der Waals surface area contributed by atoms with Crippen molar-refractivity contribution in [3.63, 3.8) is 0 Å². The van der Waals surface area contributed by atoms with Crippen molar-refractivity contribution in [3.8, 4) is 5.75 Å². The van der Waals surface area contributed by atoms with Crippen LogP contribution in [0.3, 0.4) is 0 Å². The molecule has 1 aromatic carbocycles. The Hall–Kier alpha value is -1.46. The zero-order valence-corrected chi connectivity index (χ0v) is 14.3. The molecular weight excluding hydrogens is 308 g/mol. The Labute approximate surface area is 140 Å². The average Bonchev–Trinajstić information content (AvgIpc) is 2.99. The molecule has 5 rings (SSSR count). The zero-order valence-electron chi connectivity index (χ0n) is 13.5. The highest BCUT2D eigenvalue weighted by molar-refractivity contribution is 7.13. The van der Waals surface area contributed by atoms with Gasteiger partial charge in [-0.25, -0.2) is 0 Å². The van der Waals surface area contributed by atoms with Crippen molar-refractivity contribution in [1.29, 1.82) is 0 Å². The summed E-state index contributed by atoms with van der Waals surface area (Å²) in [5, 5.41) is 0.977. The van der Waals surface area contributed by atoms with Crippen LogP contribution in [-0.2, 0) is 0 Å². The first-order chi connectivity index (χ1) is 11.2. The number of rotatable bonds is 5. The van der Waals surface area contributed by atoms with Crippen LogP contribution >= 0.6 is 11.5 Å². The molecule has 122 valence electrons. The molecule has 23 heavy (non-hydrogen) atoms. The fraction of sp³-hybridized carbons (Fsp3) is 0.556.